The minimum atomic E-state index is -0.496. The first-order valence-corrected chi connectivity index (χ1v) is 6.27. The summed E-state index contributed by atoms with van der Waals surface area (Å²) in [6.07, 6.45) is 1.34. The lowest BCUT2D eigenvalue weighted by atomic mass is 10.2. The minimum absolute atomic E-state index is 0.0346. The molecule has 2 aromatic rings. The lowest BCUT2D eigenvalue weighted by molar-refractivity contribution is 0.201. The van der Waals surface area contributed by atoms with Crippen LogP contribution in [0.3, 0.4) is 0 Å². The Labute approximate surface area is 119 Å². The van der Waals surface area contributed by atoms with E-state index in [2.05, 4.69) is 10.2 Å². The molecule has 0 aliphatic rings. The fraction of sp³-hybridized carbons (Fsp3) is 0.231. The molecule has 2 N–H and O–H groups in total. The largest absolute Gasteiger partial charge is 0.491 e. The van der Waals surface area contributed by atoms with Crippen molar-refractivity contribution in [3.63, 3.8) is 0 Å². The molecule has 0 amide bonds. The first kappa shape index (κ1) is 14.4. The Kier molecular flexibility index (Phi) is 4.97. The fourth-order valence-electron chi connectivity index (χ4n) is 1.52. The maximum atomic E-state index is 11.2. The van der Waals surface area contributed by atoms with Gasteiger partial charge in [0.15, 0.2) is 10.8 Å². The van der Waals surface area contributed by atoms with Gasteiger partial charge in [-0.25, -0.2) is 5.10 Å². The second kappa shape index (κ2) is 6.93. The maximum Gasteiger partial charge on any atom is 0.286 e. The second-order valence-corrected chi connectivity index (χ2v) is 4.26. The lowest BCUT2D eigenvalue weighted by Gasteiger charge is -2.09. The van der Waals surface area contributed by atoms with Gasteiger partial charge in [-0.05, 0) is 17.7 Å². The van der Waals surface area contributed by atoms with E-state index in [0.29, 0.717) is 5.75 Å². The fourth-order valence-corrected chi connectivity index (χ4v) is 1.66. The molecule has 0 aliphatic heterocycles. The molecule has 0 aliphatic carbocycles. The number of hydrogen-bond acceptors (Lipinski definition) is 5. The van der Waals surface area contributed by atoms with E-state index in [1.165, 1.54) is 6.20 Å². The van der Waals surface area contributed by atoms with Gasteiger partial charge in [0.2, 0.25) is 0 Å². The van der Waals surface area contributed by atoms with Gasteiger partial charge in [0.25, 0.3) is 5.56 Å². The van der Waals surface area contributed by atoms with E-state index >= 15 is 0 Å². The molecule has 106 valence electrons. The van der Waals surface area contributed by atoms with Crippen LogP contribution < -0.4 is 15.0 Å². The van der Waals surface area contributed by atoms with Crippen LogP contribution in [0.2, 0.25) is 5.02 Å². The summed E-state index contributed by atoms with van der Waals surface area (Å²) in [7, 11) is 0. The van der Waals surface area contributed by atoms with Gasteiger partial charge in [0, 0.05) is 0 Å². The monoisotopic (exact) mass is 296 g/mol. The first-order chi connectivity index (χ1) is 9.70. The highest BCUT2D eigenvalue weighted by molar-refractivity contribution is 6.31. The normalized spacial score (nSPS) is 10.3. The SMILES string of the molecule is O=c1[nH]ncc(OCc2cccc(OCCO)c2)c1Cl. The Hall–Kier alpha value is -2.05. The number of rotatable bonds is 6. The number of hydrogen-bond donors (Lipinski definition) is 2. The Bertz CT molecular complexity index is 630. The molecule has 0 saturated heterocycles. The molecular formula is C13H13ClN2O4. The molecule has 7 heteroatoms. The number of nitrogens with zero attached hydrogens (tertiary/aromatic N) is 1. The first-order valence-electron chi connectivity index (χ1n) is 5.89. The minimum Gasteiger partial charge on any atom is -0.491 e. The number of aromatic nitrogens is 2. The van der Waals surface area contributed by atoms with E-state index in [-0.39, 0.29) is 30.6 Å². The summed E-state index contributed by atoms with van der Waals surface area (Å²) in [4.78, 5) is 11.2. The van der Waals surface area contributed by atoms with Gasteiger partial charge >= 0.3 is 0 Å². The van der Waals surface area contributed by atoms with Crippen molar-refractivity contribution >= 4 is 11.6 Å². The highest BCUT2D eigenvalue weighted by Crippen LogP contribution is 2.20. The quantitative estimate of drug-likeness (QED) is 0.841. The summed E-state index contributed by atoms with van der Waals surface area (Å²) in [5.41, 5.74) is 0.348. The number of aliphatic hydroxyl groups excluding tert-OH is 1. The standard InChI is InChI=1S/C13H13ClN2O4/c14-12-11(7-15-16-13(12)18)20-8-9-2-1-3-10(6-9)19-5-4-17/h1-3,6-7,17H,4-5,8H2,(H,16,18). The topological polar surface area (TPSA) is 84.4 Å². The molecule has 0 spiro atoms. The van der Waals surface area contributed by atoms with Crippen molar-refractivity contribution in [1.82, 2.24) is 10.2 Å². The van der Waals surface area contributed by atoms with Crippen LogP contribution in [0.4, 0.5) is 0 Å². The van der Waals surface area contributed by atoms with E-state index < -0.39 is 5.56 Å². The van der Waals surface area contributed by atoms with Crippen molar-refractivity contribution in [2.45, 2.75) is 6.61 Å². The van der Waals surface area contributed by atoms with Crippen molar-refractivity contribution in [1.29, 1.82) is 0 Å². The number of H-pyrrole nitrogens is 1. The third-order valence-electron chi connectivity index (χ3n) is 2.42. The number of nitrogens with one attached hydrogen (secondary N) is 1. The van der Waals surface area contributed by atoms with Crippen molar-refractivity contribution in [2.24, 2.45) is 0 Å². The number of benzene rings is 1. The van der Waals surface area contributed by atoms with Crippen LogP contribution in [0.25, 0.3) is 0 Å². The molecule has 0 saturated carbocycles. The molecule has 0 unspecified atom stereocenters. The van der Waals surface area contributed by atoms with Gasteiger partial charge in [-0.15, -0.1) is 0 Å². The highest BCUT2D eigenvalue weighted by Gasteiger charge is 2.06. The third-order valence-corrected chi connectivity index (χ3v) is 2.77. The van der Waals surface area contributed by atoms with Gasteiger partial charge in [0.05, 0.1) is 12.8 Å². The van der Waals surface area contributed by atoms with Crippen LogP contribution in [0.5, 0.6) is 11.5 Å². The predicted molar refractivity (Wildman–Crippen MR) is 73.2 cm³/mol. The zero-order valence-electron chi connectivity index (χ0n) is 10.5. The lowest BCUT2D eigenvalue weighted by Crippen LogP contribution is -2.10. The van der Waals surface area contributed by atoms with Crippen LogP contribution >= 0.6 is 11.6 Å². The van der Waals surface area contributed by atoms with E-state index in [1.54, 1.807) is 12.1 Å². The molecule has 1 heterocycles. The van der Waals surface area contributed by atoms with Crippen LogP contribution in [0.15, 0.2) is 35.3 Å². The highest BCUT2D eigenvalue weighted by atomic mass is 35.5. The molecule has 0 atom stereocenters. The Morgan fingerprint density at radius 1 is 1.35 bits per heavy atom. The van der Waals surface area contributed by atoms with Crippen molar-refractivity contribution in [2.75, 3.05) is 13.2 Å². The average molecular weight is 297 g/mol. The molecule has 0 bridgehead atoms. The molecule has 1 aromatic heterocycles. The zero-order valence-corrected chi connectivity index (χ0v) is 11.3. The maximum absolute atomic E-state index is 11.2. The van der Waals surface area contributed by atoms with Crippen molar-refractivity contribution in [3.05, 3.63) is 51.4 Å². The van der Waals surface area contributed by atoms with Crippen LogP contribution in [0, 0.1) is 0 Å². The van der Waals surface area contributed by atoms with Crippen molar-refractivity contribution in [3.8, 4) is 11.5 Å². The molecule has 0 radical (unpaired) electrons. The number of aliphatic hydroxyl groups is 1. The summed E-state index contributed by atoms with van der Waals surface area (Å²) in [5.74, 6) is 0.854. The summed E-state index contributed by atoms with van der Waals surface area (Å²) >= 11 is 5.80. The Balaban J connectivity index is 2.03. The summed E-state index contributed by atoms with van der Waals surface area (Å²) in [5, 5.41) is 14.5. The molecule has 20 heavy (non-hydrogen) atoms. The Morgan fingerprint density at radius 2 is 2.20 bits per heavy atom. The third kappa shape index (κ3) is 3.72. The van der Waals surface area contributed by atoms with E-state index in [9.17, 15) is 4.79 Å². The molecule has 2 rings (SSSR count). The molecule has 0 fully saturated rings. The zero-order chi connectivity index (χ0) is 14.4. The van der Waals surface area contributed by atoms with E-state index in [1.807, 2.05) is 12.1 Å². The van der Waals surface area contributed by atoms with Crippen LogP contribution in [-0.4, -0.2) is 28.5 Å². The van der Waals surface area contributed by atoms with Crippen molar-refractivity contribution < 1.29 is 14.6 Å². The smallest absolute Gasteiger partial charge is 0.286 e. The summed E-state index contributed by atoms with van der Waals surface area (Å²) in [6, 6.07) is 7.22. The van der Waals surface area contributed by atoms with Gasteiger partial charge in [-0.1, -0.05) is 23.7 Å². The number of halogens is 1. The van der Waals surface area contributed by atoms with Gasteiger partial charge in [-0.2, -0.15) is 5.10 Å². The summed E-state index contributed by atoms with van der Waals surface area (Å²) < 4.78 is 10.7. The molecule has 1 aromatic carbocycles. The second-order valence-electron chi connectivity index (χ2n) is 3.89. The van der Waals surface area contributed by atoms with E-state index in [4.69, 9.17) is 26.2 Å². The van der Waals surface area contributed by atoms with Gasteiger partial charge < -0.3 is 14.6 Å². The van der Waals surface area contributed by atoms with Gasteiger partial charge in [0.1, 0.15) is 19.0 Å². The number of aromatic amines is 1. The van der Waals surface area contributed by atoms with Crippen LogP contribution in [-0.2, 0) is 6.61 Å². The van der Waals surface area contributed by atoms with Gasteiger partial charge in [-0.3, -0.25) is 4.79 Å². The van der Waals surface area contributed by atoms with Crippen LogP contribution in [0.1, 0.15) is 5.56 Å². The Morgan fingerprint density at radius 3 is 3.00 bits per heavy atom. The average Bonchev–Trinajstić information content (AvgIpc) is 2.47. The molecular weight excluding hydrogens is 284 g/mol. The predicted octanol–water partition coefficient (Wildman–Crippen LogP) is 1.37. The number of ether oxygens (including phenoxy) is 2. The molecule has 6 nitrogen and oxygen atoms in total. The summed E-state index contributed by atoms with van der Waals surface area (Å²) in [6.45, 7) is 0.407. The van der Waals surface area contributed by atoms with E-state index in [0.717, 1.165) is 5.56 Å².